The summed E-state index contributed by atoms with van der Waals surface area (Å²) in [5.41, 5.74) is 3.23. The number of ether oxygens (including phenoxy) is 1. The number of benzene rings is 1. The third kappa shape index (κ3) is 4.33. The van der Waals surface area contributed by atoms with Crippen molar-refractivity contribution in [1.29, 1.82) is 0 Å². The smallest absolute Gasteiger partial charge is 0.328 e. The number of anilines is 1. The topological polar surface area (TPSA) is 49.8 Å². The molecule has 1 fully saturated rings. The molecular formula is C17H23NO3. The van der Waals surface area contributed by atoms with Crippen LogP contribution in [0.1, 0.15) is 24.0 Å². The van der Waals surface area contributed by atoms with Gasteiger partial charge in [-0.25, -0.2) is 4.79 Å². The van der Waals surface area contributed by atoms with Crippen LogP contribution in [0.2, 0.25) is 0 Å². The van der Waals surface area contributed by atoms with Crippen molar-refractivity contribution in [2.24, 2.45) is 5.92 Å². The zero-order chi connectivity index (χ0) is 15.2. The van der Waals surface area contributed by atoms with Crippen LogP contribution in [0.25, 0.3) is 6.08 Å². The minimum absolute atomic E-state index is 0.634. The van der Waals surface area contributed by atoms with Crippen molar-refractivity contribution in [3.05, 3.63) is 35.4 Å². The first kappa shape index (κ1) is 15.6. The van der Waals surface area contributed by atoms with Crippen molar-refractivity contribution >= 4 is 17.7 Å². The number of nitrogens with zero attached hydrogens (tertiary/aromatic N) is 1. The van der Waals surface area contributed by atoms with Crippen LogP contribution < -0.4 is 4.90 Å². The van der Waals surface area contributed by atoms with Gasteiger partial charge in [0, 0.05) is 38.6 Å². The van der Waals surface area contributed by atoms with Gasteiger partial charge >= 0.3 is 5.97 Å². The fraction of sp³-hybridized carbons (Fsp3) is 0.471. The SMILES string of the molecule is COCC1CCN(c2ccc(C)cc2/C=C/C(=O)O)CC1. The van der Waals surface area contributed by atoms with Crippen molar-refractivity contribution < 1.29 is 14.6 Å². The molecule has 0 spiro atoms. The molecule has 21 heavy (non-hydrogen) atoms. The number of hydrogen-bond donors (Lipinski definition) is 1. The first-order valence-corrected chi connectivity index (χ1v) is 7.35. The van der Waals surface area contributed by atoms with E-state index in [9.17, 15) is 4.79 Å². The predicted molar refractivity (Wildman–Crippen MR) is 84.7 cm³/mol. The van der Waals surface area contributed by atoms with Crippen LogP contribution in [0.15, 0.2) is 24.3 Å². The Bertz CT molecular complexity index is 517. The first-order valence-electron chi connectivity index (χ1n) is 7.35. The van der Waals surface area contributed by atoms with Crippen LogP contribution in [-0.2, 0) is 9.53 Å². The number of methoxy groups -OCH3 is 1. The normalized spacial score (nSPS) is 16.6. The average Bonchev–Trinajstić information content (AvgIpc) is 2.46. The van der Waals surface area contributed by atoms with Crippen LogP contribution in [0, 0.1) is 12.8 Å². The van der Waals surface area contributed by atoms with Crippen molar-refractivity contribution in [2.75, 3.05) is 31.7 Å². The molecule has 0 bridgehead atoms. The molecule has 1 aliphatic heterocycles. The molecular weight excluding hydrogens is 266 g/mol. The van der Waals surface area contributed by atoms with Gasteiger partial charge < -0.3 is 14.7 Å². The summed E-state index contributed by atoms with van der Waals surface area (Å²) in [6.07, 6.45) is 5.12. The first-order chi connectivity index (χ1) is 10.1. The number of carbonyl (C=O) groups is 1. The number of aliphatic carboxylic acids is 1. The van der Waals surface area contributed by atoms with E-state index in [4.69, 9.17) is 9.84 Å². The second-order valence-electron chi connectivity index (χ2n) is 5.62. The minimum Gasteiger partial charge on any atom is -0.478 e. The van der Waals surface area contributed by atoms with Crippen LogP contribution in [0.3, 0.4) is 0 Å². The van der Waals surface area contributed by atoms with E-state index in [1.54, 1.807) is 13.2 Å². The third-order valence-electron chi connectivity index (χ3n) is 3.95. The van der Waals surface area contributed by atoms with Crippen molar-refractivity contribution in [1.82, 2.24) is 0 Å². The Morgan fingerprint density at radius 1 is 1.43 bits per heavy atom. The molecule has 0 aromatic heterocycles. The highest BCUT2D eigenvalue weighted by molar-refractivity contribution is 5.87. The largest absolute Gasteiger partial charge is 0.478 e. The fourth-order valence-electron chi connectivity index (χ4n) is 2.83. The number of rotatable bonds is 5. The maximum Gasteiger partial charge on any atom is 0.328 e. The molecule has 0 atom stereocenters. The van der Waals surface area contributed by atoms with Gasteiger partial charge in [0.05, 0.1) is 0 Å². The van der Waals surface area contributed by atoms with E-state index in [0.717, 1.165) is 49.4 Å². The second kappa shape index (κ2) is 7.27. The highest BCUT2D eigenvalue weighted by Gasteiger charge is 2.20. The van der Waals surface area contributed by atoms with Crippen LogP contribution in [0.5, 0.6) is 0 Å². The van der Waals surface area contributed by atoms with Gasteiger partial charge in [-0.1, -0.05) is 11.6 Å². The summed E-state index contributed by atoms with van der Waals surface area (Å²) in [4.78, 5) is 13.1. The molecule has 4 nitrogen and oxygen atoms in total. The van der Waals surface area contributed by atoms with Gasteiger partial charge in [0.15, 0.2) is 0 Å². The number of piperidine rings is 1. The van der Waals surface area contributed by atoms with E-state index >= 15 is 0 Å². The van der Waals surface area contributed by atoms with E-state index in [0.29, 0.717) is 5.92 Å². The zero-order valence-corrected chi connectivity index (χ0v) is 12.7. The van der Waals surface area contributed by atoms with Gasteiger partial charge in [0.25, 0.3) is 0 Å². The van der Waals surface area contributed by atoms with Gasteiger partial charge in [-0.05, 0) is 49.5 Å². The Morgan fingerprint density at radius 3 is 2.76 bits per heavy atom. The Morgan fingerprint density at radius 2 is 2.14 bits per heavy atom. The fourth-order valence-corrected chi connectivity index (χ4v) is 2.83. The summed E-state index contributed by atoms with van der Waals surface area (Å²) in [7, 11) is 1.75. The van der Waals surface area contributed by atoms with Crippen molar-refractivity contribution in [3.63, 3.8) is 0 Å². The molecule has 0 radical (unpaired) electrons. The van der Waals surface area contributed by atoms with Crippen LogP contribution >= 0.6 is 0 Å². The molecule has 0 aliphatic carbocycles. The predicted octanol–water partition coefficient (Wildman–Crippen LogP) is 2.96. The molecule has 1 saturated heterocycles. The minimum atomic E-state index is -0.916. The van der Waals surface area contributed by atoms with Crippen molar-refractivity contribution in [3.8, 4) is 0 Å². The highest BCUT2D eigenvalue weighted by atomic mass is 16.5. The van der Waals surface area contributed by atoms with E-state index in [1.807, 2.05) is 13.0 Å². The Hall–Kier alpha value is -1.81. The van der Waals surface area contributed by atoms with Gasteiger partial charge in [-0.2, -0.15) is 0 Å². The Balaban J connectivity index is 2.14. The van der Waals surface area contributed by atoms with Gasteiger partial charge in [-0.15, -0.1) is 0 Å². The third-order valence-corrected chi connectivity index (χ3v) is 3.95. The van der Waals surface area contributed by atoms with E-state index < -0.39 is 5.97 Å². The molecule has 0 amide bonds. The van der Waals surface area contributed by atoms with E-state index in [2.05, 4.69) is 17.0 Å². The number of hydrogen-bond acceptors (Lipinski definition) is 3. The summed E-state index contributed by atoms with van der Waals surface area (Å²) in [6, 6.07) is 6.21. The quantitative estimate of drug-likeness (QED) is 0.847. The molecule has 4 heteroatoms. The van der Waals surface area contributed by atoms with Crippen LogP contribution in [0.4, 0.5) is 5.69 Å². The molecule has 1 aliphatic rings. The maximum absolute atomic E-state index is 10.7. The Kier molecular flexibility index (Phi) is 5.39. The van der Waals surface area contributed by atoms with Crippen molar-refractivity contribution in [2.45, 2.75) is 19.8 Å². The number of carboxylic acid groups (broad SMARTS) is 1. The van der Waals surface area contributed by atoms with E-state index in [1.165, 1.54) is 6.08 Å². The average molecular weight is 289 g/mol. The summed E-state index contributed by atoms with van der Waals surface area (Å²) in [6.45, 7) is 4.83. The maximum atomic E-state index is 10.7. The molecule has 1 aromatic rings. The molecule has 0 unspecified atom stereocenters. The van der Waals surface area contributed by atoms with Gasteiger partial charge in [-0.3, -0.25) is 0 Å². The molecule has 2 rings (SSSR count). The lowest BCUT2D eigenvalue weighted by Gasteiger charge is -2.34. The lowest BCUT2D eigenvalue weighted by Crippen LogP contribution is -2.35. The second-order valence-corrected chi connectivity index (χ2v) is 5.62. The highest BCUT2D eigenvalue weighted by Crippen LogP contribution is 2.28. The lowest BCUT2D eigenvalue weighted by atomic mass is 9.96. The molecule has 1 heterocycles. The lowest BCUT2D eigenvalue weighted by molar-refractivity contribution is -0.131. The molecule has 0 saturated carbocycles. The van der Waals surface area contributed by atoms with E-state index in [-0.39, 0.29) is 0 Å². The van der Waals surface area contributed by atoms with Crippen LogP contribution in [-0.4, -0.2) is 37.9 Å². The Labute approximate surface area is 126 Å². The summed E-state index contributed by atoms with van der Waals surface area (Å²) >= 11 is 0. The molecule has 114 valence electrons. The summed E-state index contributed by atoms with van der Waals surface area (Å²) in [5.74, 6) is -0.282. The summed E-state index contributed by atoms with van der Waals surface area (Å²) < 4.78 is 5.23. The summed E-state index contributed by atoms with van der Waals surface area (Å²) in [5, 5.41) is 8.82. The monoisotopic (exact) mass is 289 g/mol. The number of carboxylic acids is 1. The molecule has 1 N–H and O–H groups in total. The standard InChI is InChI=1S/C17H23NO3/c1-13-3-5-16(15(11-13)4-6-17(19)20)18-9-7-14(8-10-18)12-21-2/h3-6,11,14H,7-10,12H2,1-2H3,(H,19,20)/b6-4+. The molecule has 1 aromatic carbocycles. The zero-order valence-electron chi connectivity index (χ0n) is 12.7. The van der Waals surface area contributed by atoms with Gasteiger partial charge in [0.1, 0.15) is 0 Å². The number of aryl methyl sites for hydroxylation is 1. The van der Waals surface area contributed by atoms with Gasteiger partial charge in [0.2, 0.25) is 0 Å².